The average molecular weight is 365 g/mol. The van der Waals surface area contributed by atoms with Crippen LogP contribution < -0.4 is 14.8 Å². The maximum absolute atomic E-state index is 12.1. The Labute approximate surface area is 147 Å². The van der Waals surface area contributed by atoms with Crippen LogP contribution in [0.15, 0.2) is 41.3 Å². The quantitative estimate of drug-likeness (QED) is 0.606. The van der Waals surface area contributed by atoms with Gasteiger partial charge < -0.3 is 19.3 Å². The minimum atomic E-state index is -2.47. The zero-order chi connectivity index (χ0) is 17.7. The SMILES string of the molecule is CNC(=O)c1cc(NS(=O)[O-])ccc1Oc1ccc(SC)c(C)c1. The van der Waals surface area contributed by atoms with Gasteiger partial charge in [-0.15, -0.1) is 11.8 Å². The first-order valence-electron chi connectivity index (χ1n) is 6.99. The molecule has 0 spiro atoms. The van der Waals surface area contributed by atoms with E-state index < -0.39 is 11.3 Å². The van der Waals surface area contributed by atoms with Crippen molar-refractivity contribution >= 4 is 34.6 Å². The maximum atomic E-state index is 12.1. The molecule has 2 aromatic rings. The number of hydrogen-bond acceptors (Lipinski definition) is 5. The second-order valence-electron chi connectivity index (χ2n) is 4.86. The molecule has 6 nitrogen and oxygen atoms in total. The Morgan fingerprint density at radius 1 is 1.25 bits per heavy atom. The van der Waals surface area contributed by atoms with Gasteiger partial charge in [0.15, 0.2) is 0 Å². The van der Waals surface area contributed by atoms with Crippen LogP contribution in [0.4, 0.5) is 5.69 Å². The molecule has 0 bridgehead atoms. The second kappa shape index (κ2) is 8.18. The normalized spacial score (nSPS) is 11.7. The first kappa shape index (κ1) is 18.3. The van der Waals surface area contributed by atoms with Gasteiger partial charge in [-0.25, -0.2) is 0 Å². The summed E-state index contributed by atoms with van der Waals surface area (Å²) in [6.45, 7) is 1.98. The van der Waals surface area contributed by atoms with Crippen LogP contribution in [-0.2, 0) is 11.3 Å². The number of aryl methyl sites for hydroxylation is 1. The molecule has 1 atom stereocenters. The van der Waals surface area contributed by atoms with Crippen LogP contribution in [0.3, 0.4) is 0 Å². The fraction of sp³-hybridized carbons (Fsp3) is 0.188. The van der Waals surface area contributed by atoms with Crippen molar-refractivity contribution in [2.75, 3.05) is 18.0 Å². The lowest BCUT2D eigenvalue weighted by molar-refractivity contribution is 0.0961. The number of rotatable bonds is 6. The number of nitrogens with one attached hydrogen (secondary N) is 2. The molecule has 2 rings (SSSR count). The van der Waals surface area contributed by atoms with Crippen molar-refractivity contribution in [2.45, 2.75) is 11.8 Å². The Balaban J connectivity index is 2.36. The monoisotopic (exact) mass is 365 g/mol. The molecule has 1 unspecified atom stereocenters. The Hall–Kier alpha value is -2.03. The van der Waals surface area contributed by atoms with Crippen LogP contribution in [-0.4, -0.2) is 28.0 Å². The van der Waals surface area contributed by atoms with E-state index in [1.807, 2.05) is 31.4 Å². The molecular weight excluding hydrogens is 348 g/mol. The molecule has 0 heterocycles. The van der Waals surface area contributed by atoms with Crippen molar-refractivity contribution in [2.24, 2.45) is 0 Å². The summed E-state index contributed by atoms with van der Waals surface area (Å²) in [7, 11) is 1.50. The van der Waals surface area contributed by atoms with Crippen molar-refractivity contribution in [1.82, 2.24) is 5.32 Å². The third-order valence-corrected chi connectivity index (χ3v) is 4.55. The molecule has 2 aromatic carbocycles. The van der Waals surface area contributed by atoms with Crippen LogP contribution in [0.25, 0.3) is 0 Å². The first-order chi connectivity index (χ1) is 11.4. The van der Waals surface area contributed by atoms with E-state index in [4.69, 9.17) is 4.74 Å². The summed E-state index contributed by atoms with van der Waals surface area (Å²) in [5, 5.41) is 2.51. The molecule has 0 aliphatic rings. The molecule has 0 fully saturated rings. The fourth-order valence-electron chi connectivity index (χ4n) is 2.13. The standard InChI is InChI=1S/C16H18N2O4S2/c1-10-8-12(5-7-15(10)23-3)22-14-6-4-11(18-24(20)21)9-13(14)16(19)17-2/h4-9,18H,1-3H3,(H,17,19)(H,20,21)/p-1. The fourth-order valence-corrected chi connectivity index (χ4v) is 3.04. The molecule has 0 aromatic heterocycles. The number of thioether (sulfide) groups is 1. The number of amides is 1. The lowest BCUT2D eigenvalue weighted by Crippen LogP contribution is -2.19. The molecule has 1 amide bonds. The molecule has 0 saturated carbocycles. The van der Waals surface area contributed by atoms with E-state index in [0.717, 1.165) is 10.5 Å². The molecule has 8 heteroatoms. The van der Waals surface area contributed by atoms with Crippen LogP contribution in [0.1, 0.15) is 15.9 Å². The lowest BCUT2D eigenvalue weighted by Gasteiger charge is -2.14. The molecule has 0 aliphatic heterocycles. The van der Waals surface area contributed by atoms with Gasteiger partial charge >= 0.3 is 0 Å². The second-order valence-corrected chi connectivity index (χ2v) is 6.38. The third kappa shape index (κ3) is 4.50. The van der Waals surface area contributed by atoms with Crippen LogP contribution >= 0.6 is 11.8 Å². The molecular formula is C16H17N2O4S2-. The highest BCUT2D eigenvalue weighted by atomic mass is 32.2. The zero-order valence-electron chi connectivity index (χ0n) is 13.4. The Kier molecular flexibility index (Phi) is 6.24. The van der Waals surface area contributed by atoms with Gasteiger partial charge in [-0.1, -0.05) is 0 Å². The Morgan fingerprint density at radius 3 is 2.58 bits per heavy atom. The van der Waals surface area contributed by atoms with Gasteiger partial charge in [0, 0.05) is 28.9 Å². The summed E-state index contributed by atoms with van der Waals surface area (Å²) in [4.78, 5) is 13.2. The van der Waals surface area contributed by atoms with Gasteiger partial charge in [-0.05, 0) is 55.1 Å². The van der Waals surface area contributed by atoms with Crippen molar-refractivity contribution in [3.05, 3.63) is 47.5 Å². The van der Waals surface area contributed by atoms with Gasteiger partial charge in [0.1, 0.15) is 11.5 Å². The predicted molar refractivity (Wildman–Crippen MR) is 95.4 cm³/mol. The molecule has 0 saturated heterocycles. The molecule has 24 heavy (non-hydrogen) atoms. The van der Waals surface area contributed by atoms with Crippen LogP contribution in [0, 0.1) is 6.92 Å². The van der Waals surface area contributed by atoms with E-state index in [2.05, 4.69) is 10.0 Å². The third-order valence-electron chi connectivity index (χ3n) is 3.25. The molecule has 2 N–H and O–H groups in total. The lowest BCUT2D eigenvalue weighted by atomic mass is 10.1. The predicted octanol–water partition coefficient (Wildman–Crippen LogP) is 3.07. The van der Waals surface area contributed by atoms with Crippen LogP contribution in [0.2, 0.25) is 0 Å². The molecule has 0 aliphatic carbocycles. The van der Waals surface area contributed by atoms with Crippen molar-refractivity contribution in [3.63, 3.8) is 0 Å². The van der Waals surface area contributed by atoms with Gasteiger partial charge in [0.2, 0.25) is 0 Å². The van der Waals surface area contributed by atoms with E-state index in [0.29, 0.717) is 11.5 Å². The van der Waals surface area contributed by atoms with E-state index in [1.165, 1.54) is 19.2 Å². The molecule has 128 valence electrons. The van der Waals surface area contributed by atoms with Gasteiger partial charge in [-0.3, -0.25) is 9.00 Å². The van der Waals surface area contributed by atoms with Crippen molar-refractivity contribution in [3.8, 4) is 11.5 Å². The summed E-state index contributed by atoms with van der Waals surface area (Å²) in [5.74, 6) is 0.569. The Morgan fingerprint density at radius 2 is 2.00 bits per heavy atom. The number of hydrogen-bond donors (Lipinski definition) is 2. The van der Waals surface area contributed by atoms with E-state index >= 15 is 0 Å². The summed E-state index contributed by atoms with van der Waals surface area (Å²) >= 11 is -0.823. The number of anilines is 1. The van der Waals surface area contributed by atoms with E-state index in [-0.39, 0.29) is 17.2 Å². The number of benzene rings is 2. The zero-order valence-corrected chi connectivity index (χ0v) is 15.0. The topological polar surface area (TPSA) is 90.5 Å². The maximum Gasteiger partial charge on any atom is 0.254 e. The summed E-state index contributed by atoms with van der Waals surface area (Å²) in [6.07, 6.45) is 2.00. The first-order valence-corrected chi connectivity index (χ1v) is 9.29. The number of ether oxygens (including phenoxy) is 1. The summed E-state index contributed by atoms with van der Waals surface area (Å²) < 4.78 is 29.5. The van der Waals surface area contributed by atoms with Crippen molar-refractivity contribution < 1.29 is 18.3 Å². The van der Waals surface area contributed by atoms with Crippen LogP contribution in [0.5, 0.6) is 11.5 Å². The van der Waals surface area contributed by atoms with Gasteiger partial charge in [0.05, 0.1) is 5.56 Å². The average Bonchev–Trinajstić information content (AvgIpc) is 2.55. The minimum absolute atomic E-state index is 0.236. The van der Waals surface area contributed by atoms with E-state index in [1.54, 1.807) is 17.8 Å². The van der Waals surface area contributed by atoms with Gasteiger partial charge in [0.25, 0.3) is 5.91 Å². The highest BCUT2D eigenvalue weighted by molar-refractivity contribution is 7.98. The highest BCUT2D eigenvalue weighted by Gasteiger charge is 2.14. The number of carbonyl (C=O) groups is 1. The smallest absolute Gasteiger partial charge is 0.254 e. The Bertz CT molecular complexity index is 781. The van der Waals surface area contributed by atoms with Crippen molar-refractivity contribution in [1.29, 1.82) is 0 Å². The molecule has 0 radical (unpaired) electrons. The summed E-state index contributed by atoms with van der Waals surface area (Å²) in [5.41, 5.74) is 1.59. The summed E-state index contributed by atoms with van der Waals surface area (Å²) in [6, 6.07) is 10.2. The highest BCUT2D eigenvalue weighted by Crippen LogP contribution is 2.31. The van der Waals surface area contributed by atoms with Gasteiger partial charge in [-0.2, -0.15) is 0 Å². The van der Waals surface area contributed by atoms with E-state index in [9.17, 15) is 13.6 Å². The number of carbonyl (C=O) groups excluding carboxylic acids is 1. The minimum Gasteiger partial charge on any atom is -0.755 e. The largest absolute Gasteiger partial charge is 0.755 e.